The van der Waals surface area contributed by atoms with Crippen LogP contribution in [-0.2, 0) is 13.0 Å². The van der Waals surface area contributed by atoms with Crippen molar-refractivity contribution in [2.24, 2.45) is 0 Å². The molecule has 0 aliphatic rings. The van der Waals surface area contributed by atoms with E-state index in [9.17, 15) is 0 Å². The van der Waals surface area contributed by atoms with Crippen molar-refractivity contribution in [2.75, 3.05) is 6.54 Å². The van der Waals surface area contributed by atoms with E-state index in [-0.39, 0.29) is 0 Å². The summed E-state index contributed by atoms with van der Waals surface area (Å²) in [4.78, 5) is 7.59. The van der Waals surface area contributed by atoms with Crippen LogP contribution in [-0.4, -0.2) is 27.1 Å². The Balaban J connectivity index is 1.46. The topological polar surface area (TPSA) is 45.6 Å². The number of hydrogen-bond acceptors (Lipinski definition) is 2. The number of aryl methyl sites for hydroxylation is 2. The van der Waals surface area contributed by atoms with Crippen LogP contribution in [0.3, 0.4) is 0 Å². The lowest BCUT2D eigenvalue weighted by molar-refractivity contribution is 0.487. The predicted octanol–water partition coefficient (Wildman–Crippen LogP) is 3.28. The highest BCUT2D eigenvalue weighted by atomic mass is 15.1. The van der Waals surface area contributed by atoms with Gasteiger partial charge >= 0.3 is 0 Å². The van der Waals surface area contributed by atoms with Gasteiger partial charge < -0.3 is 14.9 Å². The number of aromatic nitrogens is 3. The molecule has 2 heterocycles. The van der Waals surface area contributed by atoms with Gasteiger partial charge in [-0.3, -0.25) is 0 Å². The first-order valence-corrected chi connectivity index (χ1v) is 8.00. The highest BCUT2D eigenvalue weighted by Crippen LogP contribution is 2.19. The number of nitrogens with zero attached hydrogens (tertiary/aromatic N) is 2. The summed E-state index contributed by atoms with van der Waals surface area (Å²) in [5.74, 6) is 1.08. The Morgan fingerprint density at radius 2 is 2.18 bits per heavy atom. The average Bonchev–Trinajstić information content (AvgIpc) is 3.12. The Kier molecular flexibility index (Phi) is 4.59. The molecule has 0 fully saturated rings. The summed E-state index contributed by atoms with van der Waals surface area (Å²) in [6, 6.07) is 9.02. The number of para-hydroxylation sites is 1. The molecule has 0 spiro atoms. The van der Waals surface area contributed by atoms with Crippen LogP contribution in [0.5, 0.6) is 0 Å². The third-order valence-electron chi connectivity index (χ3n) is 4.29. The van der Waals surface area contributed by atoms with Crippen molar-refractivity contribution < 1.29 is 0 Å². The monoisotopic (exact) mass is 296 g/mol. The molecule has 3 rings (SSSR count). The van der Waals surface area contributed by atoms with Crippen LogP contribution in [0.25, 0.3) is 10.9 Å². The Hall–Kier alpha value is -2.07. The quantitative estimate of drug-likeness (QED) is 0.703. The van der Waals surface area contributed by atoms with E-state index < -0.39 is 0 Å². The van der Waals surface area contributed by atoms with E-state index >= 15 is 0 Å². The van der Waals surface area contributed by atoms with Crippen molar-refractivity contribution >= 4 is 10.9 Å². The molecule has 0 amide bonds. The maximum atomic E-state index is 4.25. The molecule has 0 saturated heterocycles. The second kappa shape index (κ2) is 6.79. The van der Waals surface area contributed by atoms with E-state index in [0.29, 0.717) is 6.04 Å². The fraction of sp³-hybridized carbons (Fsp3) is 0.389. The van der Waals surface area contributed by atoms with Crippen molar-refractivity contribution in [1.82, 2.24) is 19.9 Å². The minimum absolute atomic E-state index is 0.512. The first-order chi connectivity index (χ1) is 10.7. The van der Waals surface area contributed by atoms with Gasteiger partial charge in [0.1, 0.15) is 5.82 Å². The third kappa shape index (κ3) is 3.39. The Bertz CT molecular complexity index is 725. The Morgan fingerprint density at radius 1 is 1.32 bits per heavy atom. The molecule has 0 radical (unpaired) electrons. The van der Waals surface area contributed by atoms with Crippen LogP contribution in [0.1, 0.15) is 24.7 Å². The fourth-order valence-corrected chi connectivity index (χ4v) is 2.88. The van der Waals surface area contributed by atoms with Crippen LogP contribution in [0, 0.1) is 6.92 Å². The van der Waals surface area contributed by atoms with Gasteiger partial charge in [-0.05, 0) is 38.3 Å². The van der Waals surface area contributed by atoms with Crippen LogP contribution in [0.2, 0.25) is 0 Å². The van der Waals surface area contributed by atoms with E-state index in [1.165, 1.54) is 16.5 Å². The number of H-pyrrole nitrogens is 1. The zero-order chi connectivity index (χ0) is 15.4. The zero-order valence-corrected chi connectivity index (χ0v) is 13.3. The largest absolute Gasteiger partial charge is 0.361 e. The third-order valence-corrected chi connectivity index (χ3v) is 4.29. The summed E-state index contributed by atoms with van der Waals surface area (Å²) in [6.45, 7) is 6.26. The first kappa shape index (κ1) is 14.9. The molecule has 0 aliphatic heterocycles. The fourth-order valence-electron chi connectivity index (χ4n) is 2.88. The lowest BCUT2D eigenvalue weighted by Gasteiger charge is -2.14. The van der Waals surface area contributed by atoms with Crippen molar-refractivity contribution in [3.8, 4) is 0 Å². The number of rotatable bonds is 7. The van der Waals surface area contributed by atoms with Gasteiger partial charge in [-0.25, -0.2) is 4.98 Å². The molecule has 2 aromatic heterocycles. The normalized spacial score (nSPS) is 12.8. The van der Waals surface area contributed by atoms with Crippen molar-refractivity contribution in [3.63, 3.8) is 0 Å². The van der Waals surface area contributed by atoms with Crippen LogP contribution < -0.4 is 5.32 Å². The number of hydrogen-bond donors (Lipinski definition) is 2. The lowest BCUT2D eigenvalue weighted by atomic mass is 10.1. The molecule has 4 heteroatoms. The van der Waals surface area contributed by atoms with Gasteiger partial charge in [-0.2, -0.15) is 0 Å². The number of aromatic amines is 1. The van der Waals surface area contributed by atoms with Crippen molar-refractivity contribution in [2.45, 2.75) is 39.3 Å². The molecule has 22 heavy (non-hydrogen) atoms. The summed E-state index contributed by atoms with van der Waals surface area (Å²) >= 11 is 0. The Morgan fingerprint density at radius 3 is 3.00 bits per heavy atom. The summed E-state index contributed by atoms with van der Waals surface area (Å²) in [6.07, 6.45) is 8.28. The average molecular weight is 296 g/mol. The molecule has 1 aromatic carbocycles. The molecular weight excluding hydrogens is 272 g/mol. The van der Waals surface area contributed by atoms with Crippen LogP contribution in [0.4, 0.5) is 0 Å². The molecule has 0 saturated carbocycles. The molecular formula is C18H24N4. The summed E-state index contributed by atoms with van der Waals surface area (Å²) in [5, 5.41) is 4.95. The molecule has 2 N–H and O–H groups in total. The minimum Gasteiger partial charge on any atom is -0.361 e. The van der Waals surface area contributed by atoms with Crippen molar-refractivity contribution in [3.05, 3.63) is 54.2 Å². The molecule has 116 valence electrons. The number of benzene rings is 1. The van der Waals surface area contributed by atoms with Gasteiger partial charge in [0, 0.05) is 48.6 Å². The van der Waals surface area contributed by atoms with Gasteiger partial charge in [-0.1, -0.05) is 18.2 Å². The molecule has 3 aromatic rings. The van der Waals surface area contributed by atoms with Gasteiger partial charge in [-0.15, -0.1) is 0 Å². The summed E-state index contributed by atoms with van der Waals surface area (Å²) in [7, 11) is 0. The Labute approximate surface area is 131 Å². The van der Waals surface area contributed by atoms with E-state index in [1.807, 2.05) is 19.3 Å². The lowest BCUT2D eigenvalue weighted by Crippen LogP contribution is -2.29. The van der Waals surface area contributed by atoms with E-state index in [0.717, 1.165) is 31.8 Å². The van der Waals surface area contributed by atoms with Gasteiger partial charge in [0.25, 0.3) is 0 Å². The van der Waals surface area contributed by atoms with Crippen molar-refractivity contribution in [1.29, 1.82) is 0 Å². The van der Waals surface area contributed by atoms with Gasteiger partial charge in [0.15, 0.2) is 0 Å². The van der Waals surface area contributed by atoms with Crippen LogP contribution in [0.15, 0.2) is 42.9 Å². The SMILES string of the molecule is Cc1nccn1CCNC(C)CCc1c[nH]c2ccccc12. The number of nitrogens with one attached hydrogen (secondary N) is 2. The van der Waals surface area contributed by atoms with Crippen LogP contribution >= 0.6 is 0 Å². The molecule has 1 atom stereocenters. The molecule has 1 unspecified atom stereocenters. The number of imidazole rings is 1. The standard InChI is InChI=1S/C18H24N4/c1-14(19-9-11-22-12-10-20-15(22)2)7-8-16-13-21-18-6-4-3-5-17(16)18/h3-6,10,12-14,19,21H,7-9,11H2,1-2H3. The maximum Gasteiger partial charge on any atom is 0.105 e. The first-order valence-electron chi connectivity index (χ1n) is 8.00. The highest BCUT2D eigenvalue weighted by Gasteiger charge is 2.06. The number of fused-ring (bicyclic) bond motifs is 1. The molecule has 4 nitrogen and oxygen atoms in total. The summed E-state index contributed by atoms with van der Waals surface area (Å²) in [5.41, 5.74) is 2.64. The maximum absolute atomic E-state index is 4.25. The summed E-state index contributed by atoms with van der Waals surface area (Å²) < 4.78 is 2.18. The van der Waals surface area contributed by atoms with E-state index in [2.05, 4.69) is 57.2 Å². The second-order valence-corrected chi connectivity index (χ2v) is 5.92. The van der Waals surface area contributed by atoms with Gasteiger partial charge in [0.05, 0.1) is 0 Å². The predicted molar refractivity (Wildman–Crippen MR) is 91.0 cm³/mol. The highest BCUT2D eigenvalue weighted by molar-refractivity contribution is 5.82. The molecule has 0 aliphatic carbocycles. The van der Waals surface area contributed by atoms with E-state index in [4.69, 9.17) is 0 Å². The minimum atomic E-state index is 0.512. The second-order valence-electron chi connectivity index (χ2n) is 5.92. The van der Waals surface area contributed by atoms with E-state index in [1.54, 1.807) is 0 Å². The van der Waals surface area contributed by atoms with Gasteiger partial charge in [0.2, 0.25) is 0 Å². The zero-order valence-electron chi connectivity index (χ0n) is 13.3. The molecule has 0 bridgehead atoms. The smallest absolute Gasteiger partial charge is 0.105 e.